The smallest absolute Gasteiger partial charge is 0 e. The van der Waals surface area contributed by atoms with Gasteiger partial charge in [-0.2, -0.15) is 0 Å². The fraction of sp³-hybridized carbons (Fsp3) is 0.167. The number of benzene rings is 1. The van der Waals surface area contributed by atoms with Crippen molar-refractivity contribution in [2.75, 3.05) is 0 Å². The van der Waals surface area contributed by atoms with Gasteiger partial charge < -0.3 is 0 Å². The summed E-state index contributed by atoms with van der Waals surface area (Å²) in [5.74, 6) is 0. The van der Waals surface area contributed by atoms with Crippen LogP contribution in [0.25, 0.3) is 0 Å². The number of hydrogen-bond donors (Lipinski definition) is 0. The Kier molecular flexibility index (Phi) is 7.47. The Hall–Kier alpha value is -0.716. The van der Waals surface area contributed by atoms with E-state index in [1.165, 1.54) is 5.56 Å². The van der Waals surface area contributed by atoms with E-state index in [9.17, 15) is 0 Å². The fourth-order valence-electron chi connectivity index (χ4n) is 0.927. The zero-order chi connectivity index (χ0) is 8.65. The first-order valence-corrected chi connectivity index (χ1v) is 4.23. The van der Waals surface area contributed by atoms with E-state index in [1.54, 1.807) is 0 Å². The maximum atomic E-state index is 2.12. The predicted octanol–water partition coefficient (Wildman–Crippen LogP) is 3.50. The van der Waals surface area contributed by atoms with Crippen molar-refractivity contribution in [1.29, 1.82) is 0 Å². The van der Waals surface area contributed by atoms with Crippen molar-refractivity contribution in [3.05, 3.63) is 60.2 Å². The van der Waals surface area contributed by atoms with Crippen molar-refractivity contribution < 1.29 is 18.6 Å². The molecule has 1 aliphatic carbocycles. The quantitative estimate of drug-likeness (QED) is 0.613. The number of aryl methyl sites for hydroxylation is 1. The molecule has 0 spiro atoms. The molecule has 0 bridgehead atoms. The molecular weight excluding hydrogens is 195 g/mol. The molecule has 0 aliphatic heterocycles. The minimum Gasteiger partial charge on any atom is -0.0808 e. The number of allylic oxidation sites excluding steroid dienone is 4. The van der Waals surface area contributed by atoms with Crippen LogP contribution in [0.5, 0.6) is 0 Å². The monoisotopic (exact) mass is 209 g/mol. The van der Waals surface area contributed by atoms with Crippen LogP contribution in [0, 0.1) is 6.92 Å². The zero-order valence-electron chi connectivity index (χ0n) is 7.85. The Balaban J connectivity index is 0.000000215. The van der Waals surface area contributed by atoms with Crippen LogP contribution in [-0.2, 0) is 18.6 Å². The maximum absolute atomic E-state index is 2.12. The van der Waals surface area contributed by atoms with Crippen LogP contribution >= 0.6 is 0 Å². The van der Waals surface area contributed by atoms with Gasteiger partial charge >= 0.3 is 0 Å². The van der Waals surface area contributed by atoms with Gasteiger partial charge in [-0.05, 0) is 13.3 Å². The van der Waals surface area contributed by atoms with Crippen LogP contribution in [0.2, 0.25) is 0 Å². The molecule has 0 heterocycles. The van der Waals surface area contributed by atoms with Crippen LogP contribution in [0.15, 0.2) is 54.6 Å². The summed E-state index contributed by atoms with van der Waals surface area (Å²) in [5.41, 5.74) is 1.32. The van der Waals surface area contributed by atoms with E-state index in [2.05, 4.69) is 43.4 Å². The van der Waals surface area contributed by atoms with E-state index >= 15 is 0 Å². The third kappa shape index (κ3) is 6.45. The zero-order valence-corrected chi connectivity index (χ0v) is 9.25. The SMILES string of the molecule is C1=CCC=C1.Cc1ccccc1.[V]. The van der Waals surface area contributed by atoms with Gasteiger partial charge in [-0.15, -0.1) is 0 Å². The van der Waals surface area contributed by atoms with Gasteiger partial charge in [0.05, 0.1) is 0 Å². The first-order chi connectivity index (χ1) is 5.89. The summed E-state index contributed by atoms with van der Waals surface area (Å²) in [6.45, 7) is 2.08. The van der Waals surface area contributed by atoms with E-state index in [0.717, 1.165) is 6.42 Å². The first-order valence-electron chi connectivity index (χ1n) is 4.23. The molecule has 0 atom stereocenters. The van der Waals surface area contributed by atoms with Crippen molar-refractivity contribution in [1.82, 2.24) is 0 Å². The summed E-state index contributed by atoms with van der Waals surface area (Å²) >= 11 is 0. The summed E-state index contributed by atoms with van der Waals surface area (Å²) in [5, 5.41) is 0. The largest absolute Gasteiger partial charge is 0.0808 e. The first kappa shape index (κ1) is 12.3. The van der Waals surface area contributed by atoms with Crippen LogP contribution in [0.4, 0.5) is 0 Å². The minimum atomic E-state index is 0. The maximum Gasteiger partial charge on any atom is 0 e. The van der Waals surface area contributed by atoms with Gasteiger partial charge in [0.25, 0.3) is 0 Å². The molecule has 0 fully saturated rings. The molecule has 0 saturated carbocycles. The molecular formula is C12H14V. The number of rotatable bonds is 0. The molecule has 1 aromatic carbocycles. The fourth-order valence-corrected chi connectivity index (χ4v) is 0.927. The Morgan fingerprint density at radius 1 is 0.923 bits per heavy atom. The van der Waals surface area contributed by atoms with Gasteiger partial charge in [-0.25, -0.2) is 0 Å². The third-order valence-corrected chi connectivity index (χ3v) is 1.60. The minimum absolute atomic E-state index is 0. The normalized spacial score (nSPS) is 11.5. The molecule has 67 valence electrons. The summed E-state index contributed by atoms with van der Waals surface area (Å²) in [7, 11) is 0. The molecule has 0 unspecified atom stereocenters. The Morgan fingerprint density at radius 3 is 1.69 bits per heavy atom. The summed E-state index contributed by atoms with van der Waals surface area (Å²) in [6, 6.07) is 10.3. The van der Waals surface area contributed by atoms with E-state index in [0.29, 0.717) is 0 Å². The molecule has 0 nitrogen and oxygen atoms in total. The third-order valence-electron chi connectivity index (χ3n) is 1.60. The molecule has 0 saturated heterocycles. The van der Waals surface area contributed by atoms with Gasteiger partial charge in [-0.1, -0.05) is 60.2 Å². The molecule has 1 aromatic rings. The van der Waals surface area contributed by atoms with Crippen molar-refractivity contribution in [2.24, 2.45) is 0 Å². The van der Waals surface area contributed by atoms with Crippen LogP contribution in [-0.4, -0.2) is 0 Å². The Bertz CT molecular complexity index is 250. The second kappa shape index (κ2) is 7.91. The predicted molar refractivity (Wildman–Crippen MR) is 54.1 cm³/mol. The van der Waals surface area contributed by atoms with Crippen molar-refractivity contribution >= 4 is 0 Å². The summed E-state index contributed by atoms with van der Waals surface area (Å²) in [6.07, 6.45) is 9.50. The topological polar surface area (TPSA) is 0 Å². The van der Waals surface area contributed by atoms with E-state index in [-0.39, 0.29) is 18.6 Å². The molecule has 1 aliphatic rings. The molecule has 0 N–H and O–H groups in total. The van der Waals surface area contributed by atoms with Crippen molar-refractivity contribution in [2.45, 2.75) is 13.3 Å². The Labute approximate surface area is 92.2 Å². The van der Waals surface area contributed by atoms with E-state index in [4.69, 9.17) is 0 Å². The molecule has 0 amide bonds. The number of hydrogen-bond acceptors (Lipinski definition) is 0. The molecule has 2 rings (SSSR count). The van der Waals surface area contributed by atoms with Gasteiger partial charge in [0.1, 0.15) is 0 Å². The molecule has 1 radical (unpaired) electrons. The summed E-state index contributed by atoms with van der Waals surface area (Å²) < 4.78 is 0. The Morgan fingerprint density at radius 2 is 1.46 bits per heavy atom. The molecule has 0 aromatic heterocycles. The average molecular weight is 209 g/mol. The van der Waals surface area contributed by atoms with Crippen molar-refractivity contribution in [3.63, 3.8) is 0 Å². The standard InChI is InChI=1S/C7H8.C5H6.V/c1-7-5-3-2-4-6-7;1-2-4-5-3-1;/h2-6H,1H3;1-4H,5H2;. The molecule has 13 heavy (non-hydrogen) atoms. The van der Waals surface area contributed by atoms with E-state index in [1.807, 2.05) is 18.2 Å². The van der Waals surface area contributed by atoms with Crippen molar-refractivity contribution in [3.8, 4) is 0 Å². The van der Waals surface area contributed by atoms with Gasteiger partial charge in [0, 0.05) is 18.6 Å². The summed E-state index contributed by atoms with van der Waals surface area (Å²) in [4.78, 5) is 0. The van der Waals surface area contributed by atoms with Crippen LogP contribution < -0.4 is 0 Å². The molecule has 1 heteroatoms. The second-order valence-electron chi connectivity index (χ2n) is 2.75. The van der Waals surface area contributed by atoms with Crippen LogP contribution in [0.1, 0.15) is 12.0 Å². The van der Waals surface area contributed by atoms with E-state index < -0.39 is 0 Å². The van der Waals surface area contributed by atoms with Gasteiger partial charge in [0.2, 0.25) is 0 Å². The van der Waals surface area contributed by atoms with Gasteiger partial charge in [-0.3, -0.25) is 0 Å². The second-order valence-corrected chi connectivity index (χ2v) is 2.75. The van der Waals surface area contributed by atoms with Gasteiger partial charge in [0.15, 0.2) is 0 Å². The average Bonchev–Trinajstić information content (AvgIpc) is 2.62. The van der Waals surface area contributed by atoms with Crippen LogP contribution in [0.3, 0.4) is 0 Å².